The van der Waals surface area contributed by atoms with Crippen LogP contribution in [0.1, 0.15) is 24.1 Å². The first-order chi connectivity index (χ1) is 8.16. The molecule has 17 heavy (non-hydrogen) atoms. The Bertz CT molecular complexity index is 660. The van der Waals surface area contributed by atoms with E-state index in [1.165, 1.54) is 0 Å². The zero-order valence-electron chi connectivity index (χ0n) is 9.15. The fourth-order valence-corrected chi connectivity index (χ4v) is 3.09. The van der Waals surface area contributed by atoms with Crippen LogP contribution in [-0.2, 0) is 12.8 Å². The molecular weight excluding hydrogens is 257 g/mol. The van der Waals surface area contributed by atoms with Gasteiger partial charge >= 0.3 is 0 Å². The van der Waals surface area contributed by atoms with E-state index in [9.17, 15) is 4.79 Å². The summed E-state index contributed by atoms with van der Waals surface area (Å²) >= 11 is 12.1. The minimum Gasteiger partial charge on any atom is -0.358 e. The summed E-state index contributed by atoms with van der Waals surface area (Å²) in [5.74, 6) is 0. The number of hydrogen-bond acceptors (Lipinski definition) is 1. The van der Waals surface area contributed by atoms with E-state index < -0.39 is 0 Å². The van der Waals surface area contributed by atoms with Crippen LogP contribution >= 0.6 is 23.2 Å². The van der Waals surface area contributed by atoms with Crippen LogP contribution in [0.3, 0.4) is 0 Å². The van der Waals surface area contributed by atoms with Crippen LogP contribution in [-0.4, -0.2) is 4.98 Å². The lowest BCUT2D eigenvalue weighted by atomic mass is 9.94. The summed E-state index contributed by atoms with van der Waals surface area (Å²) in [5, 5.41) is 1.55. The molecular formula is C13H11Cl2NO. The van der Waals surface area contributed by atoms with E-state index in [0.717, 1.165) is 42.5 Å². The number of hydrogen-bond donors (Lipinski definition) is 1. The molecule has 0 saturated heterocycles. The van der Waals surface area contributed by atoms with Crippen LogP contribution < -0.4 is 5.43 Å². The number of H-pyrrole nitrogens is 1. The Kier molecular flexibility index (Phi) is 2.64. The SMILES string of the molecule is O=c1c2c([nH]c3cc(Cl)cc(Cl)c13)CCCC2. The van der Waals surface area contributed by atoms with Crippen LogP contribution in [0, 0.1) is 0 Å². The third-order valence-electron chi connectivity index (χ3n) is 3.31. The second-order valence-corrected chi connectivity index (χ2v) is 5.27. The summed E-state index contributed by atoms with van der Waals surface area (Å²) in [4.78, 5) is 15.7. The van der Waals surface area contributed by atoms with Gasteiger partial charge in [-0.25, -0.2) is 0 Å². The van der Waals surface area contributed by atoms with Crippen molar-refractivity contribution in [1.29, 1.82) is 0 Å². The van der Waals surface area contributed by atoms with Gasteiger partial charge in [-0.1, -0.05) is 23.2 Å². The molecule has 2 aromatic rings. The van der Waals surface area contributed by atoms with Crippen molar-refractivity contribution in [1.82, 2.24) is 4.98 Å². The van der Waals surface area contributed by atoms with Gasteiger partial charge in [-0.3, -0.25) is 4.79 Å². The summed E-state index contributed by atoms with van der Waals surface area (Å²) in [6.45, 7) is 0. The average Bonchev–Trinajstić information content (AvgIpc) is 2.28. The molecule has 1 aliphatic rings. The van der Waals surface area contributed by atoms with Crippen LogP contribution in [0.2, 0.25) is 10.0 Å². The van der Waals surface area contributed by atoms with E-state index in [1.807, 2.05) is 0 Å². The maximum Gasteiger partial charge on any atom is 0.194 e. The standard InChI is InChI=1S/C13H11Cl2NO/c14-7-5-9(15)12-11(6-7)16-10-4-2-1-3-8(10)13(12)17/h5-6H,1-4H2,(H,16,17). The molecule has 0 fully saturated rings. The number of pyridine rings is 1. The van der Waals surface area contributed by atoms with Crippen molar-refractivity contribution >= 4 is 34.1 Å². The van der Waals surface area contributed by atoms with E-state index in [1.54, 1.807) is 12.1 Å². The minimum atomic E-state index is 0.0649. The fourth-order valence-electron chi connectivity index (χ4n) is 2.51. The first-order valence-corrected chi connectivity index (χ1v) is 6.45. The molecule has 0 saturated carbocycles. The fraction of sp³-hybridized carbons (Fsp3) is 0.308. The number of fused-ring (bicyclic) bond motifs is 2. The average molecular weight is 268 g/mol. The van der Waals surface area contributed by atoms with Crippen molar-refractivity contribution in [2.75, 3.05) is 0 Å². The van der Waals surface area contributed by atoms with Crippen molar-refractivity contribution in [2.45, 2.75) is 25.7 Å². The van der Waals surface area contributed by atoms with Crippen LogP contribution in [0.25, 0.3) is 10.9 Å². The molecule has 4 heteroatoms. The van der Waals surface area contributed by atoms with Gasteiger partial charge in [0.2, 0.25) is 0 Å². The van der Waals surface area contributed by atoms with Gasteiger partial charge in [-0.2, -0.15) is 0 Å². The summed E-state index contributed by atoms with van der Waals surface area (Å²) in [7, 11) is 0. The lowest BCUT2D eigenvalue weighted by molar-refractivity contribution is 0.668. The highest BCUT2D eigenvalue weighted by Gasteiger charge is 2.17. The largest absolute Gasteiger partial charge is 0.358 e. The van der Waals surface area contributed by atoms with E-state index in [4.69, 9.17) is 23.2 Å². The van der Waals surface area contributed by atoms with Gasteiger partial charge < -0.3 is 4.98 Å². The van der Waals surface area contributed by atoms with Crippen LogP contribution in [0.5, 0.6) is 0 Å². The Hall–Kier alpha value is -0.990. The van der Waals surface area contributed by atoms with Gasteiger partial charge in [-0.15, -0.1) is 0 Å². The van der Waals surface area contributed by atoms with Crippen molar-refractivity contribution in [3.8, 4) is 0 Å². The molecule has 0 unspecified atom stereocenters. The summed E-state index contributed by atoms with van der Waals surface area (Å²) in [5.41, 5.74) is 2.75. The van der Waals surface area contributed by atoms with Crippen molar-refractivity contribution < 1.29 is 0 Å². The van der Waals surface area contributed by atoms with Crippen LogP contribution in [0.15, 0.2) is 16.9 Å². The molecule has 2 nitrogen and oxygen atoms in total. The topological polar surface area (TPSA) is 32.9 Å². The molecule has 1 heterocycles. The predicted molar refractivity (Wildman–Crippen MR) is 71.2 cm³/mol. The van der Waals surface area contributed by atoms with Crippen LogP contribution in [0.4, 0.5) is 0 Å². The predicted octanol–water partition coefficient (Wildman–Crippen LogP) is 3.71. The van der Waals surface area contributed by atoms with Gasteiger partial charge in [0.1, 0.15) is 0 Å². The third kappa shape index (κ3) is 1.76. The number of aromatic nitrogens is 1. The van der Waals surface area contributed by atoms with E-state index >= 15 is 0 Å². The highest BCUT2D eigenvalue weighted by Crippen LogP contribution is 2.27. The number of nitrogens with one attached hydrogen (secondary N) is 1. The lowest BCUT2D eigenvalue weighted by Gasteiger charge is -2.16. The normalized spacial score (nSPS) is 14.9. The summed E-state index contributed by atoms with van der Waals surface area (Å²) < 4.78 is 0. The van der Waals surface area contributed by atoms with Crippen molar-refractivity contribution in [2.24, 2.45) is 0 Å². The first kappa shape index (κ1) is 11.1. The van der Waals surface area contributed by atoms with Gasteiger partial charge in [0.15, 0.2) is 5.43 Å². The minimum absolute atomic E-state index is 0.0649. The van der Waals surface area contributed by atoms with Gasteiger partial charge in [-0.05, 0) is 37.8 Å². The zero-order valence-corrected chi connectivity index (χ0v) is 10.7. The molecule has 0 radical (unpaired) electrons. The van der Waals surface area contributed by atoms with E-state index in [0.29, 0.717) is 15.4 Å². The molecule has 3 rings (SSSR count). The Morgan fingerprint density at radius 2 is 1.88 bits per heavy atom. The van der Waals surface area contributed by atoms with E-state index in [-0.39, 0.29) is 5.43 Å². The lowest BCUT2D eigenvalue weighted by Crippen LogP contribution is -2.18. The highest BCUT2D eigenvalue weighted by atomic mass is 35.5. The molecule has 1 aliphatic carbocycles. The maximum absolute atomic E-state index is 12.4. The molecule has 1 aromatic carbocycles. The maximum atomic E-state index is 12.4. The summed E-state index contributed by atoms with van der Waals surface area (Å²) in [6, 6.07) is 3.38. The quantitative estimate of drug-likeness (QED) is 0.776. The Morgan fingerprint density at radius 3 is 2.71 bits per heavy atom. The number of halogens is 2. The monoisotopic (exact) mass is 267 g/mol. The number of aromatic amines is 1. The third-order valence-corrected chi connectivity index (χ3v) is 3.83. The first-order valence-electron chi connectivity index (χ1n) is 5.69. The Balaban J connectivity index is 2.44. The van der Waals surface area contributed by atoms with Gasteiger partial charge in [0.05, 0.1) is 15.9 Å². The molecule has 0 aliphatic heterocycles. The van der Waals surface area contributed by atoms with Crippen molar-refractivity contribution in [3.05, 3.63) is 43.7 Å². The molecule has 1 N–H and O–H groups in total. The zero-order chi connectivity index (χ0) is 12.0. The van der Waals surface area contributed by atoms with E-state index in [2.05, 4.69) is 4.98 Å². The molecule has 0 atom stereocenters. The number of rotatable bonds is 0. The molecule has 0 spiro atoms. The van der Waals surface area contributed by atoms with Gasteiger partial charge in [0, 0.05) is 16.3 Å². The van der Waals surface area contributed by atoms with Gasteiger partial charge in [0.25, 0.3) is 0 Å². The highest BCUT2D eigenvalue weighted by molar-refractivity contribution is 6.38. The summed E-state index contributed by atoms with van der Waals surface area (Å²) in [6.07, 6.45) is 3.99. The second-order valence-electron chi connectivity index (χ2n) is 4.43. The second kappa shape index (κ2) is 4.04. The Labute approximate surface area is 109 Å². The Morgan fingerprint density at radius 1 is 1.12 bits per heavy atom. The molecule has 88 valence electrons. The molecule has 1 aromatic heterocycles. The van der Waals surface area contributed by atoms with Crippen molar-refractivity contribution in [3.63, 3.8) is 0 Å². The molecule has 0 bridgehead atoms. The number of aryl methyl sites for hydroxylation is 1. The smallest absolute Gasteiger partial charge is 0.194 e. The number of benzene rings is 1. The molecule has 0 amide bonds.